The molecule has 1 atom stereocenters. The van der Waals surface area contributed by atoms with Gasteiger partial charge in [0.15, 0.2) is 0 Å². The Bertz CT molecular complexity index is 417. The minimum atomic E-state index is -0.447. The molecule has 21 heavy (non-hydrogen) atoms. The van der Waals surface area contributed by atoms with Gasteiger partial charge in [-0.15, -0.1) is 0 Å². The number of aromatic nitrogens is 2. The molecule has 0 aliphatic heterocycles. The summed E-state index contributed by atoms with van der Waals surface area (Å²) in [5.41, 5.74) is 0.488. The summed E-state index contributed by atoms with van der Waals surface area (Å²) in [5, 5.41) is 6.13. The van der Waals surface area contributed by atoms with Gasteiger partial charge in [0.1, 0.15) is 5.60 Å². The third-order valence-corrected chi connectivity index (χ3v) is 2.75. The van der Waals surface area contributed by atoms with E-state index in [2.05, 4.69) is 27.5 Å². The molecule has 2 N–H and O–H groups in total. The van der Waals surface area contributed by atoms with Gasteiger partial charge in [-0.25, -0.2) is 4.79 Å². The molecule has 0 aliphatic carbocycles. The molecule has 0 aromatic carbocycles. The lowest BCUT2D eigenvalue weighted by Crippen LogP contribution is -2.33. The maximum atomic E-state index is 11.4. The Kier molecular flexibility index (Phi) is 7.08. The van der Waals surface area contributed by atoms with Crippen molar-refractivity contribution in [2.75, 3.05) is 13.1 Å². The van der Waals surface area contributed by atoms with E-state index in [1.807, 2.05) is 20.8 Å². The number of hydrogen-bond donors (Lipinski definition) is 2. The van der Waals surface area contributed by atoms with E-state index >= 15 is 0 Å². The molecule has 118 valence electrons. The number of rotatable bonds is 7. The van der Waals surface area contributed by atoms with E-state index in [9.17, 15) is 4.79 Å². The quantitative estimate of drug-likeness (QED) is 0.755. The molecule has 1 heterocycles. The van der Waals surface area contributed by atoms with Crippen LogP contribution in [0.25, 0.3) is 0 Å². The smallest absolute Gasteiger partial charge is 0.407 e. The lowest BCUT2D eigenvalue weighted by molar-refractivity contribution is 0.0527. The Morgan fingerprint density at radius 1 is 1.29 bits per heavy atom. The first-order valence-electron chi connectivity index (χ1n) is 7.34. The van der Waals surface area contributed by atoms with Crippen LogP contribution in [0.5, 0.6) is 0 Å². The molecule has 0 bridgehead atoms. The van der Waals surface area contributed by atoms with E-state index in [-0.39, 0.29) is 12.1 Å². The number of hydrogen-bond acceptors (Lipinski definition) is 5. The van der Waals surface area contributed by atoms with Crippen molar-refractivity contribution >= 4 is 6.09 Å². The number of ether oxygens (including phenoxy) is 1. The molecule has 0 fully saturated rings. The van der Waals surface area contributed by atoms with Crippen molar-refractivity contribution in [3.8, 4) is 0 Å². The van der Waals surface area contributed by atoms with Crippen LogP contribution in [-0.2, 0) is 4.74 Å². The third-order valence-electron chi connectivity index (χ3n) is 2.75. The first kappa shape index (κ1) is 17.4. The normalized spacial score (nSPS) is 12.8. The van der Waals surface area contributed by atoms with E-state index in [1.165, 1.54) is 0 Å². The number of carbonyl (C=O) groups is 1. The van der Waals surface area contributed by atoms with Crippen LogP contribution in [0.15, 0.2) is 18.6 Å². The van der Waals surface area contributed by atoms with Crippen LogP contribution in [0.4, 0.5) is 4.79 Å². The molecule has 0 radical (unpaired) electrons. The number of carbonyl (C=O) groups excluding carboxylic acids is 1. The molecule has 1 aromatic rings. The summed E-state index contributed by atoms with van der Waals surface area (Å²) in [5.74, 6) is 0. The van der Waals surface area contributed by atoms with Gasteiger partial charge in [-0.1, -0.05) is 0 Å². The SMILES string of the molecule is CC(NCCCCNC(=O)OC(C)(C)C)c1cnccn1. The van der Waals surface area contributed by atoms with E-state index in [1.54, 1.807) is 18.6 Å². The molecule has 1 aromatic heterocycles. The summed E-state index contributed by atoms with van der Waals surface area (Å²) in [6.07, 6.45) is 6.64. The second kappa shape index (κ2) is 8.56. The summed E-state index contributed by atoms with van der Waals surface area (Å²) in [4.78, 5) is 19.7. The average molecular weight is 294 g/mol. The summed E-state index contributed by atoms with van der Waals surface area (Å²) >= 11 is 0. The van der Waals surface area contributed by atoms with Crippen LogP contribution in [0.1, 0.15) is 52.3 Å². The van der Waals surface area contributed by atoms with Crippen molar-refractivity contribution in [3.05, 3.63) is 24.3 Å². The molecular weight excluding hydrogens is 268 g/mol. The first-order chi connectivity index (χ1) is 9.88. The molecule has 0 aliphatic rings. The lowest BCUT2D eigenvalue weighted by atomic mass is 10.2. The van der Waals surface area contributed by atoms with Crippen LogP contribution < -0.4 is 10.6 Å². The maximum absolute atomic E-state index is 11.4. The predicted molar refractivity (Wildman–Crippen MR) is 81.9 cm³/mol. The first-order valence-corrected chi connectivity index (χ1v) is 7.34. The van der Waals surface area contributed by atoms with Gasteiger partial charge in [-0.05, 0) is 47.1 Å². The van der Waals surface area contributed by atoms with Crippen LogP contribution >= 0.6 is 0 Å². The average Bonchev–Trinajstić information content (AvgIpc) is 2.41. The Morgan fingerprint density at radius 2 is 2.00 bits per heavy atom. The van der Waals surface area contributed by atoms with Crippen LogP contribution in [0.3, 0.4) is 0 Å². The second-order valence-corrected chi connectivity index (χ2v) is 5.94. The molecule has 1 amide bonds. The summed E-state index contributed by atoms with van der Waals surface area (Å²) in [6, 6.07) is 0.178. The Morgan fingerprint density at radius 3 is 2.62 bits per heavy atom. The highest BCUT2D eigenvalue weighted by molar-refractivity contribution is 5.67. The monoisotopic (exact) mass is 294 g/mol. The predicted octanol–water partition coefficient (Wildman–Crippen LogP) is 2.43. The fraction of sp³-hybridized carbons (Fsp3) is 0.667. The van der Waals surface area contributed by atoms with Crippen molar-refractivity contribution in [1.29, 1.82) is 0 Å². The van der Waals surface area contributed by atoms with Gasteiger partial charge in [0, 0.05) is 31.2 Å². The topological polar surface area (TPSA) is 76.1 Å². The highest BCUT2D eigenvalue weighted by atomic mass is 16.6. The Hall–Kier alpha value is -1.69. The standard InChI is InChI=1S/C15H26N4O2/c1-12(13-11-16-9-10-18-13)17-7-5-6-8-19-14(20)21-15(2,3)4/h9-12,17H,5-8H2,1-4H3,(H,19,20). The van der Waals surface area contributed by atoms with E-state index in [4.69, 9.17) is 4.74 Å². The largest absolute Gasteiger partial charge is 0.444 e. The second-order valence-electron chi connectivity index (χ2n) is 5.94. The number of nitrogens with one attached hydrogen (secondary N) is 2. The summed E-state index contributed by atoms with van der Waals surface area (Å²) < 4.78 is 5.16. The Balaban J connectivity index is 2.06. The van der Waals surface area contributed by atoms with Gasteiger partial charge in [-0.3, -0.25) is 9.97 Å². The van der Waals surface area contributed by atoms with Crippen LogP contribution in [-0.4, -0.2) is 34.8 Å². The van der Waals surface area contributed by atoms with Crippen molar-refractivity contribution in [3.63, 3.8) is 0 Å². The van der Waals surface area contributed by atoms with E-state index in [0.29, 0.717) is 6.54 Å². The zero-order valence-electron chi connectivity index (χ0n) is 13.3. The highest BCUT2D eigenvalue weighted by Crippen LogP contribution is 2.07. The molecule has 6 heteroatoms. The van der Waals surface area contributed by atoms with Crippen LogP contribution in [0, 0.1) is 0 Å². The van der Waals surface area contributed by atoms with Gasteiger partial charge in [0.2, 0.25) is 0 Å². The molecule has 0 saturated carbocycles. The molecule has 0 spiro atoms. The summed E-state index contributed by atoms with van der Waals surface area (Å²) in [6.45, 7) is 9.10. The zero-order chi connectivity index (χ0) is 15.7. The molecule has 1 rings (SSSR count). The third kappa shape index (κ3) is 8.24. The van der Waals surface area contributed by atoms with Gasteiger partial charge >= 0.3 is 6.09 Å². The lowest BCUT2D eigenvalue weighted by Gasteiger charge is -2.19. The highest BCUT2D eigenvalue weighted by Gasteiger charge is 2.15. The number of nitrogens with zero attached hydrogens (tertiary/aromatic N) is 2. The van der Waals surface area contributed by atoms with Gasteiger partial charge in [-0.2, -0.15) is 0 Å². The summed E-state index contributed by atoms with van der Waals surface area (Å²) in [7, 11) is 0. The van der Waals surface area contributed by atoms with Crippen LogP contribution in [0.2, 0.25) is 0 Å². The van der Waals surface area contributed by atoms with Gasteiger partial charge in [0.05, 0.1) is 5.69 Å². The molecular formula is C15H26N4O2. The fourth-order valence-corrected chi connectivity index (χ4v) is 1.71. The van der Waals surface area contributed by atoms with Crippen molar-refractivity contribution in [2.24, 2.45) is 0 Å². The number of unbranched alkanes of at least 4 members (excludes halogenated alkanes) is 1. The number of amides is 1. The van der Waals surface area contributed by atoms with Crippen molar-refractivity contribution < 1.29 is 9.53 Å². The fourth-order valence-electron chi connectivity index (χ4n) is 1.71. The number of alkyl carbamates (subject to hydrolysis) is 1. The molecule has 6 nitrogen and oxygen atoms in total. The minimum absolute atomic E-state index is 0.178. The Labute approximate surface area is 126 Å². The minimum Gasteiger partial charge on any atom is -0.444 e. The van der Waals surface area contributed by atoms with E-state index in [0.717, 1.165) is 25.1 Å². The maximum Gasteiger partial charge on any atom is 0.407 e. The molecule has 1 unspecified atom stereocenters. The van der Waals surface area contributed by atoms with Gasteiger partial charge in [0.25, 0.3) is 0 Å². The van der Waals surface area contributed by atoms with E-state index < -0.39 is 5.60 Å². The van der Waals surface area contributed by atoms with Gasteiger partial charge < -0.3 is 15.4 Å². The zero-order valence-corrected chi connectivity index (χ0v) is 13.3. The van der Waals surface area contributed by atoms with Crippen molar-refractivity contribution in [1.82, 2.24) is 20.6 Å². The van der Waals surface area contributed by atoms with Crippen molar-refractivity contribution in [2.45, 2.75) is 52.2 Å². The molecule has 0 saturated heterocycles.